The number of ether oxygens (including phenoxy) is 3. The van der Waals surface area contributed by atoms with Crippen molar-refractivity contribution in [1.29, 1.82) is 0 Å². The topological polar surface area (TPSA) is 60.2 Å². The molecule has 38 heavy (non-hydrogen) atoms. The summed E-state index contributed by atoms with van der Waals surface area (Å²) in [6.07, 6.45) is 4.34. The van der Waals surface area contributed by atoms with Crippen molar-refractivity contribution in [3.05, 3.63) is 59.0 Å². The van der Waals surface area contributed by atoms with Gasteiger partial charge in [0.2, 0.25) is 0 Å². The van der Waals surface area contributed by atoms with Crippen LogP contribution < -0.4 is 4.74 Å². The van der Waals surface area contributed by atoms with E-state index in [1.54, 1.807) is 12.1 Å². The van der Waals surface area contributed by atoms with E-state index < -0.39 is 0 Å². The van der Waals surface area contributed by atoms with Crippen molar-refractivity contribution in [2.75, 3.05) is 46.9 Å². The molecule has 2 aliphatic heterocycles. The van der Waals surface area contributed by atoms with Crippen LogP contribution in [0.4, 0.5) is 4.39 Å². The second-order valence-corrected chi connectivity index (χ2v) is 10.2. The second-order valence-electron chi connectivity index (χ2n) is 10.2. The average molecular weight is 659 g/mol. The van der Waals surface area contributed by atoms with Gasteiger partial charge in [0.05, 0.1) is 24.5 Å². The van der Waals surface area contributed by atoms with E-state index in [2.05, 4.69) is 21.0 Å². The molecule has 3 heterocycles. The van der Waals surface area contributed by atoms with E-state index in [1.807, 2.05) is 20.2 Å². The molecule has 0 saturated carbocycles. The summed E-state index contributed by atoms with van der Waals surface area (Å²) >= 11 is 0. The van der Waals surface area contributed by atoms with Crippen molar-refractivity contribution in [3.63, 3.8) is 0 Å². The summed E-state index contributed by atoms with van der Waals surface area (Å²) in [5.41, 5.74) is 3.72. The number of hydrogen-bond donors (Lipinski definition) is 0. The predicted molar refractivity (Wildman–Crippen MR) is 156 cm³/mol. The number of rotatable bonds is 10. The SMILES string of the molecule is Br.Br.CN(C)Cc1c(OCc2ccc(F)cc2)ccc2c(CCC3CCN(CC4OCCO4)CC3)noc12. The van der Waals surface area contributed by atoms with E-state index in [9.17, 15) is 4.39 Å². The Balaban J connectivity index is 0.00000200. The lowest BCUT2D eigenvalue weighted by Crippen LogP contribution is -2.39. The van der Waals surface area contributed by atoms with Crippen LogP contribution in [-0.4, -0.2) is 68.2 Å². The van der Waals surface area contributed by atoms with Crippen LogP contribution in [0.25, 0.3) is 11.0 Å². The molecule has 0 bridgehead atoms. The minimum absolute atomic E-state index is 0. The van der Waals surface area contributed by atoms with Crippen LogP contribution in [0, 0.1) is 11.7 Å². The maximum absolute atomic E-state index is 13.2. The van der Waals surface area contributed by atoms with Gasteiger partial charge >= 0.3 is 0 Å². The van der Waals surface area contributed by atoms with E-state index in [1.165, 1.54) is 25.0 Å². The Labute approximate surface area is 245 Å². The maximum atomic E-state index is 13.2. The fourth-order valence-electron chi connectivity index (χ4n) is 5.14. The number of piperidine rings is 1. The molecule has 0 spiro atoms. The lowest BCUT2D eigenvalue weighted by atomic mass is 9.91. The highest BCUT2D eigenvalue weighted by Crippen LogP contribution is 2.33. The van der Waals surface area contributed by atoms with Crippen LogP contribution in [-0.2, 0) is 29.0 Å². The third-order valence-electron chi connectivity index (χ3n) is 7.15. The number of aromatic nitrogens is 1. The maximum Gasteiger partial charge on any atom is 0.175 e. The molecule has 0 unspecified atom stereocenters. The van der Waals surface area contributed by atoms with Gasteiger partial charge in [-0.3, -0.25) is 4.90 Å². The Kier molecular flexibility index (Phi) is 12.0. The van der Waals surface area contributed by atoms with Gasteiger partial charge in [-0.05, 0) is 88.6 Å². The van der Waals surface area contributed by atoms with Crippen molar-refractivity contribution in [3.8, 4) is 5.75 Å². The fraction of sp³-hybridized carbons (Fsp3) is 0.536. The van der Waals surface area contributed by atoms with Gasteiger partial charge in [-0.2, -0.15) is 0 Å². The molecule has 0 atom stereocenters. The van der Waals surface area contributed by atoms with E-state index >= 15 is 0 Å². The van der Waals surface area contributed by atoms with Crippen LogP contribution >= 0.6 is 34.0 Å². The van der Waals surface area contributed by atoms with Crippen LogP contribution in [0.3, 0.4) is 0 Å². The summed E-state index contributed by atoms with van der Waals surface area (Å²) in [6, 6.07) is 10.5. The summed E-state index contributed by atoms with van der Waals surface area (Å²) in [5, 5.41) is 5.53. The van der Waals surface area contributed by atoms with E-state index in [-0.39, 0.29) is 46.1 Å². The van der Waals surface area contributed by atoms with E-state index in [0.717, 1.165) is 66.0 Å². The third-order valence-corrected chi connectivity index (χ3v) is 7.15. The molecule has 0 N–H and O–H groups in total. The first kappa shape index (κ1) is 31.0. The summed E-state index contributed by atoms with van der Waals surface area (Å²) in [5.74, 6) is 1.21. The Morgan fingerprint density at radius 3 is 2.42 bits per heavy atom. The molecule has 0 amide bonds. The molecule has 5 rings (SSSR count). The molecule has 1 aromatic heterocycles. The summed E-state index contributed by atoms with van der Waals surface area (Å²) < 4.78 is 36.4. The zero-order chi connectivity index (χ0) is 24.9. The highest BCUT2D eigenvalue weighted by molar-refractivity contribution is 8.93. The third kappa shape index (κ3) is 7.99. The average Bonchev–Trinajstić information content (AvgIpc) is 3.54. The molecule has 2 fully saturated rings. The van der Waals surface area contributed by atoms with E-state index in [4.69, 9.17) is 18.7 Å². The quantitative estimate of drug-likeness (QED) is 0.274. The van der Waals surface area contributed by atoms with Crippen LogP contribution in [0.1, 0.15) is 36.1 Å². The van der Waals surface area contributed by atoms with Crippen molar-refractivity contribution in [2.45, 2.75) is 45.1 Å². The van der Waals surface area contributed by atoms with Gasteiger partial charge in [0.25, 0.3) is 0 Å². The normalized spacial score (nSPS) is 17.1. The van der Waals surface area contributed by atoms with Gasteiger partial charge in [-0.1, -0.05) is 17.3 Å². The number of nitrogens with zero attached hydrogens (tertiary/aromatic N) is 3. The fourth-order valence-corrected chi connectivity index (χ4v) is 5.14. The first-order valence-electron chi connectivity index (χ1n) is 12.9. The van der Waals surface area contributed by atoms with Crippen molar-refractivity contribution in [1.82, 2.24) is 15.0 Å². The molecular formula is C28H38Br2FN3O4. The number of fused-ring (bicyclic) bond motifs is 1. The van der Waals surface area contributed by atoms with Crippen LogP contribution in [0.2, 0.25) is 0 Å². The first-order chi connectivity index (χ1) is 17.5. The summed E-state index contributed by atoms with van der Waals surface area (Å²) in [7, 11) is 4.05. The molecule has 7 nitrogen and oxygen atoms in total. The molecular weight excluding hydrogens is 621 g/mol. The molecule has 2 aromatic carbocycles. The first-order valence-corrected chi connectivity index (χ1v) is 12.9. The minimum Gasteiger partial charge on any atom is -0.488 e. The zero-order valence-electron chi connectivity index (χ0n) is 22.1. The molecule has 2 saturated heterocycles. The summed E-state index contributed by atoms with van der Waals surface area (Å²) in [6.45, 7) is 5.53. The van der Waals surface area contributed by atoms with E-state index in [0.29, 0.717) is 32.3 Å². The Morgan fingerprint density at radius 1 is 1.03 bits per heavy atom. The number of hydrogen-bond acceptors (Lipinski definition) is 7. The Morgan fingerprint density at radius 2 is 1.74 bits per heavy atom. The van der Waals surface area contributed by atoms with Gasteiger partial charge in [0, 0.05) is 18.5 Å². The summed E-state index contributed by atoms with van der Waals surface area (Å²) in [4.78, 5) is 4.55. The molecule has 10 heteroatoms. The zero-order valence-corrected chi connectivity index (χ0v) is 25.5. The van der Waals surface area contributed by atoms with Gasteiger partial charge in [-0.25, -0.2) is 4.39 Å². The second kappa shape index (κ2) is 14.7. The highest BCUT2D eigenvalue weighted by atomic mass is 79.9. The van der Waals surface area contributed by atoms with Gasteiger partial charge in [0.15, 0.2) is 11.9 Å². The molecule has 2 aliphatic rings. The van der Waals surface area contributed by atoms with Crippen molar-refractivity contribution < 1.29 is 23.1 Å². The molecule has 0 aliphatic carbocycles. The molecule has 210 valence electrons. The highest BCUT2D eigenvalue weighted by Gasteiger charge is 2.25. The smallest absolute Gasteiger partial charge is 0.175 e. The number of likely N-dealkylation sites (tertiary alicyclic amines) is 1. The van der Waals surface area contributed by atoms with Gasteiger partial charge in [-0.15, -0.1) is 34.0 Å². The monoisotopic (exact) mass is 657 g/mol. The van der Waals surface area contributed by atoms with Crippen molar-refractivity contribution >= 4 is 44.9 Å². The standard InChI is InChI=1S/C28H36FN3O4.2BrH/c1-31(2)17-24-26(35-19-21-3-6-22(29)7-4-21)10-8-23-25(30-36-28(23)24)9-5-20-11-13-32(14-12-20)18-27-33-15-16-34-27;;/h3-4,6-8,10,20,27H,5,9,11-19H2,1-2H3;2*1H. The molecule has 0 radical (unpaired) electrons. The number of aryl methyl sites for hydroxylation is 1. The number of benzene rings is 2. The predicted octanol–water partition coefficient (Wildman–Crippen LogP) is 5.78. The van der Waals surface area contributed by atoms with Crippen LogP contribution in [0.15, 0.2) is 40.9 Å². The Bertz CT molecular complexity index is 1130. The number of halogens is 3. The van der Waals surface area contributed by atoms with Crippen molar-refractivity contribution in [2.24, 2.45) is 5.92 Å². The largest absolute Gasteiger partial charge is 0.488 e. The van der Waals surface area contributed by atoms with Crippen LogP contribution in [0.5, 0.6) is 5.75 Å². The van der Waals surface area contributed by atoms with Gasteiger partial charge < -0.3 is 23.6 Å². The molecule has 3 aromatic rings. The lowest BCUT2D eigenvalue weighted by Gasteiger charge is -2.32. The van der Waals surface area contributed by atoms with Gasteiger partial charge in [0.1, 0.15) is 18.2 Å². The minimum atomic E-state index is -0.249. The Hall–Kier alpha value is -1.56. The lowest BCUT2D eigenvalue weighted by molar-refractivity contribution is -0.0661.